The molecule has 3 aliphatic rings. The molecule has 11 amide bonds. The van der Waals surface area contributed by atoms with Gasteiger partial charge in [-0.1, -0.05) is 58.2 Å². The number of ether oxygens (including phenoxy) is 1. The van der Waals surface area contributed by atoms with E-state index in [2.05, 4.69) is 87.9 Å². The molecule has 113 heavy (non-hydrogen) atoms. The van der Waals surface area contributed by atoms with E-state index in [1.165, 1.54) is 75.1 Å². The van der Waals surface area contributed by atoms with Gasteiger partial charge in [0.25, 0.3) is 41.4 Å². The van der Waals surface area contributed by atoms with Crippen molar-refractivity contribution >= 4 is 139 Å². The van der Waals surface area contributed by atoms with E-state index in [1.54, 1.807) is 37.4 Å². The summed E-state index contributed by atoms with van der Waals surface area (Å²) in [5.41, 5.74) is 6.44. The van der Waals surface area contributed by atoms with E-state index in [9.17, 15) is 73.5 Å². The summed E-state index contributed by atoms with van der Waals surface area (Å²) in [7, 11) is 0. The van der Waals surface area contributed by atoms with Gasteiger partial charge in [-0.3, -0.25) is 68.0 Å². The highest BCUT2D eigenvalue weighted by Gasteiger charge is 2.51. The van der Waals surface area contributed by atoms with Crippen LogP contribution in [0, 0.1) is 5.92 Å². The van der Waals surface area contributed by atoms with Gasteiger partial charge in [-0.25, -0.2) is 24.9 Å². The van der Waals surface area contributed by atoms with Gasteiger partial charge in [0.05, 0.1) is 99.9 Å². The number of hydrogen-bond donors (Lipinski definition) is 17. The van der Waals surface area contributed by atoms with Crippen LogP contribution in [0.25, 0.3) is 11.8 Å². The Morgan fingerprint density at radius 2 is 1.50 bits per heavy atom. The molecule has 0 aromatic carbocycles. The molecule has 0 spiro atoms. The van der Waals surface area contributed by atoms with Crippen LogP contribution in [-0.4, -0.2) is 180 Å². The topological polar surface area (TPSA) is 560 Å². The average molecular weight is 1650 g/mol. The number of amides is 11. The van der Waals surface area contributed by atoms with E-state index in [1.807, 2.05) is 13.8 Å². The lowest BCUT2D eigenvalue weighted by atomic mass is 9.80. The number of nitrogens with one attached hydrogen (secondary N) is 10. The molecule has 6 aromatic rings. The number of aliphatic imine (C=N–C) groups is 1. The highest BCUT2D eigenvalue weighted by Crippen LogP contribution is 2.47. The number of thiazole rings is 5. The number of nitrogens with zero attached hydrogens (tertiary/aromatic N) is 7. The molecule has 1 aliphatic carbocycles. The van der Waals surface area contributed by atoms with Gasteiger partial charge in [0.1, 0.15) is 89.4 Å². The second kappa shape index (κ2) is 36.6. The van der Waals surface area contributed by atoms with Crippen molar-refractivity contribution in [2.24, 2.45) is 22.4 Å². The van der Waals surface area contributed by atoms with Crippen molar-refractivity contribution in [2.75, 3.05) is 0 Å². The first-order chi connectivity index (χ1) is 53.2. The van der Waals surface area contributed by atoms with Crippen LogP contribution in [0.3, 0.4) is 0 Å². The van der Waals surface area contributed by atoms with Gasteiger partial charge in [0.2, 0.25) is 23.6 Å². The molecule has 0 fully saturated rings. The number of carbonyl (C=O) groups excluding carboxylic acids is 11. The maximum atomic E-state index is 15.2. The fraction of sp³-hybridized carbons (Fsp3) is 0.417. The molecule has 5 bridgehead atoms. The first-order valence-electron chi connectivity index (χ1n) is 35.3. The number of pyridine rings is 1. The van der Waals surface area contributed by atoms with Crippen LogP contribution < -0.4 is 64.6 Å². The second-order valence-electron chi connectivity index (χ2n) is 27.3. The van der Waals surface area contributed by atoms with Crippen molar-refractivity contribution in [1.82, 2.24) is 83.1 Å². The summed E-state index contributed by atoms with van der Waals surface area (Å²) in [6, 6.07) is -7.44. The van der Waals surface area contributed by atoms with E-state index < -0.39 is 166 Å². The van der Waals surface area contributed by atoms with Crippen LogP contribution >= 0.6 is 56.7 Å². The summed E-state index contributed by atoms with van der Waals surface area (Å²) in [6.07, 6.45) is 0.328. The minimum atomic E-state index is -2.04. The lowest BCUT2D eigenvalue weighted by Crippen LogP contribution is -2.57. The third-order valence-corrected chi connectivity index (χ3v) is 23.5. The smallest absolute Gasteiger partial charge is 0.275 e. The molecule has 8 heterocycles. The van der Waals surface area contributed by atoms with Crippen molar-refractivity contribution in [3.63, 3.8) is 0 Å². The first-order valence-corrected chi connectivity index (χ1v) is 39.6. The molecule has 9 rings (SSSR count). The predicted octanol–water partition coefficient (Wildman–Crippen LogP) is 1.70. The molecular weight excluding hydrogens is 1560 g/mol. The fourth-order valence-electron chi connectivity index (χ4n) is 11.8. The van der Waals surface area contributed by atoms with Crippen LogP contribution in [0.1, 0.15) is 207 Å². The van der Waals surface area contributed by atoms with Gasteiger partial charge in [-0.2, -0.15) is 0 Å². The second-order valence-corrected chi connectivity index (χ2v) is 31.9. The number of aliphatic hydroxyl groups excluding tert-OH is 4. The molecule has 15 atom stereocenters. The monoisotopic (exact) mass is 1650 g/mol. The van der Waals surface area contributed by atoms with E-state index in [-0.39, 0.29) is 96.6 Å². The third kappa shape index (κ3) is 20.1. The van der Waals surface area contributed by atoms with Crippen molar-refractivity contribution in [3.8, 4) is 0 Å². The number of fused-ring (bicyclic) bond motifs is 6. The molecule has 2 unspecified atom stereocenters. The van der Waals surface area contributed by atoms with Crippen LogP contribution in [0.5, 0.6) is 0 Å². The highest BCUT2D eigenvalue weighted by atomic mass is 32.1. The van der Waals surface area contributed by atoms with Crippen molar-refractivity contribution in [3.05, 3.63) is 158 Å². The lowest BCUT2D eigenvalue weighted by molar-refractivity contribution is -0.131. The van der Waals surface area contributed by atoms with Gasteiger partial charge in [-0.15, -0.1) is 56.7 Å². The fourth-order valence-corrected chi connectivity index (χ4v) is 16.3. The Balaban J connectivity index is 1.06. The average Bonchev–Trinajstić information content (AvgIpc) is 1.67. The largest absolute Gasteiger partial charge is 0.391 e. The van der Waals surface area contributed by atoms with E-state index in [0.29, 0.717) is 28.2 Å². The van der Waals surface area contributed by atoms with Gasteiger partial charge >= 0.3 is 0 Å². The minimum absolute atomic E-state index is 0.00723. The molecule has 36 nitrogen and oxygen atoms in total. The Kier molecular flexibility index (Phi) is 28.0. The summed E-state index contributed by atoms with van der Waals surface area (Å²) in [5, 5.41) is 88.9. The Hall–Kier alpha value is -10.4. The maximum Gasteiger partial charge on any atom is 0.275 e. The third-order valence-electron chi connectivity index (χ3n) is 18.8. The molecular formula is C72H87N19O17S5. The molecule has 6 aromatic heterocycles. The number of nitrogens with two attached hydrogens (primary N) is 2. The maximum absolute atomic E-state index is 15.2. The Bertz CT molecular complexity index is 4840. The summed E-state index contributed by atoms with van der Waals surface area (Å²) in [4.78, 5) is 183. The SMILES string of the molecule is C=C(NC(=O)C(=C)NC(=O)c1csc(C2=N[C@@H]3c4csc(n4)C[C@@H](C)OCc4cc([C@H](C)O)c5c(n4)[C@@H](O)C(C=C5)N[C@@H]([C@@H](C)CC)C(=O)N[C@@H](C)C(=O)NC(=C)C(=O)N[C@@H](C)C(=O)N[C@]3(c3nc(C(=O)N[C@H](C(=O)N/C(=C\C)c4nc(C(=O)N[C@H](c5ncc(C(N)=O)s5)C(C)(O)[C@@H](C)O)cs4)[C@@H](C)O)cs3)CC2)n1)C(N)=O. The Morgan fingerprint density at radius 1 is 0.823 bits per heavy atom. The summed E-state index contributed by atoms with van der Waals surface area (Å²) in [5.74, 6) is -10.3. The number of carbonyl (C=O) groups is 11. The van der Waals surface area contributed by atoms with Crippen LogP contribution in [0.15, 0.2) is 87.8 Å². The zero-order chi connectivity index (χ0) is 83.0. The zero-order valence-electron chi connectivity index (χ0n) is 62.8. The van der Waals surface area contributed by atoms with E-state index in [0.717, 1.165) is 51.5 Å². The molecule has 0 radical (unpaired) electrons. The highest BCUT2D eigenvalue weighted by molar-refractivity contribution is 7.14. The molecule has 602 valence electrons. The van der Waals surface area contributed by atoms with Crippen molar-refractivity contribution in [1.29, 1.82) is 0 Å². The van der Waals surface area contributed by atoms with E-state index >= 15 is 4.79 Å². The number of rotatable bonds is 22. The molecule has 41 heteroatoms. The van der Waals surface area contributed by atoms with Crippen molar-refractivity contribution in [2.45, 2.75) is 185 Å². The van der Waals surface area contributed by atoms with Gasteiger partial charge in [0, 0.05) is 33.5 Å². The first kappa shape index (κ1) is 86.5. The van der Waals surface area contributed by atoms with Crippen molar-refractivity contribution < 1.29 is 83.0 Å². The van der Waals surface area contributed by atoms with Crippen LogP contribution in [-0.2, 0) is 56.9 Å². The van der Waals surface area contributed by atoms with Crippen LogP contribution in [0.4, 0.5) is 0 Å². The number of primary amides is 2. The number of hydrogen-bond acceptors (Lipinski definition) is 30. The zero-order valence-corrected chi connectivity index (χ0v) is 66.9. The summed E-state index contributed by atoms with van der Waals surface area (Å²) in [6.45, 7) is 25.6. The molecule has 0 saturated carbocycles. The Morgan fingerprint density at radius 3 is 2.15 bits per heavy atom. The standard InChI is InChI=1S/C72H87N19O17S5/c1-14-28(3)50-65(105)80-33(8)60(100)77-31(6)59(99)78-34(9)61(101)91-72(70-88-47(27-112-70)63(103)89-51(36(11)93)66(106)85-41(15-2)67-86-46(26-110-67)64(104)90-55(71(13,107)37(12)94)69-75-22-48(113-69)57(74)97)19-18-43(68-87-45(25-111-68)62(102)79-32(7)58(98)76-30(5)56(73)96)84-54(72)44-24-109-49(82-44)20-29(4)108-23-38-21-40(35(10)92)39-16-17-42(83-50)53(95)52(39)81-38/h15-17,21-22,24-29,33-37,42,50-51,53-55,83,92-95,107H,5-7,14,18-20,23H2,1-4,8-13H3,(H2,73,96)(H2,74,97)(H,76,98)(H,77,100)(H,78,99)(H,79,102)(H,80,105)(H,85,106)(H,89,103)(H,90,104)(H,91,101)/b41-15-/t28-,29+,33-,34-,35-,36+,37+,42?,50-,51-,53-,54+,55+,71?,72+/m0/s1. The minimum Gasteiger partial charge on any atom is -0.391 e. The van der Waals surface area contributed by atoms with E-state index in [4.69, 9.17) is 36.1 Å². The molecule has 19 N–H and O–H groups in total. The quantitative estimate of drug-likeness (QED) is 0.0430. The van der Waals surface area contributed by atoms with Gasteiger partial charge < -0.3 is 89.6 Å². The van der Waals surface area contributed by atoms with Crippen LogP contribution in [0.2, 0.25) is 0 Å². The summed E-state index contributed by atoms with van der Waals surface area (Å²) < 4.78 is 6.42. The molecule has 2 aliphatic heterocycles. The predicted molar refractivity (Wildman–Crippen MR) is 417 cm³/mol. The summed E-state index contributed by atoms with van der Waals surface area (Å²) >= 11 is 4.74. The van der Waals surface area contributed by atoms with Gasteiger partial charge in [0.15, 0.2) is 0 Å². The number of aliphatic hydroxyl groups is 5. The number of aromatic nitrogens is 6. The molecule has 0 saturated heterocycles. The Labute approximate surface area is 667 Å². The lowest BCUT2D eigenvalue weighted by Gasteiger charge is -2.41. The van der Waals surface area contributed by atoms with Gasteiger partial charge in [-0.05, 0) is 85.8 Å². The number of allylic oxidation sites excluding steroid dienone is 1. The normalized spacial score (nSPS) is 22.8.